The number of hydrogen-bond donors (Lipinski definition) is 3. The van der Waals surface area contributed by atoms with Gasteiger partial charge in [0.2, 0.25) is 5.91 Å². The molecule has 0 saturated heterocycles. The van der Waals surface area contributed by atoms with Gasteiger partial charge in [-0.05, 0) is 77.9 Å². The number of fused-ring (bicyclic) bond motifs is 1. The fourth-order valence-corrected chi connectivity index (χ4v) is 3.80. The SMILES string of the molecule is CN1C=Cc2cc(NC(=O)CCc3ccc(NC(=O)Nc4cccc(C(F)(F)F)c4)cc3)ccc2C1. The Bertz CT molecular complexity index is 1290. The van der Waals surface area contributed by atoms with E-state index >= 15 is 0 Å². The molecule has 0 fully saturated rings. The van der Waals surface area contributed by atoms with Crippen molar-refractivity contribution in [3.05, 3.63) is 95.2 Å². The Morgan fingerprint density at radius 1 is 0.889 bits per heavy atom. The van der Waals surface area contributed by atoms with Crippen molar-refractivity contribution in [1.82, 2.24) is 4.90 Å². The first-order chi connectivity index (χ1) is 17.2. The van der Waals surface area contributed by atoms with Crippen molar-refractivity contribution in [2.24, 2.45) is 0 Å². The van der Waals surface area contributed by atoms with Crippen LogP contribution in [0.25, 0.3) is 6.08 Å². The van der Waals surface area contributed by atoms with Crippen LogP contribution >= 0.6 is 0 Å². The zero-order valence-corrected chi connectivity index (χ0v) is 19.5. The molecule has 1 aliphatic heterocycles. The fourth-order valence-electron chi connectivity index (χ4n) is 3.80. The van der Waals surface area contributed by atoms with Gasteiger partial charge in [-0.1, -0.05) is 24.3 Å². The third kappa shape index (κ3) is 6.65. The molecule has 0 bridgehead atoms. The van der Waals surface area contributed by atoms with Gasteiger partial charge in [0, 0.05) is 37.1 Å². The zero-order valence-electron chi connectivity index (χ0n) is 19.5. The highest BCUT2D eigenvalue weighted by atomic mass is 19.4. The number of amides is 3. The van der Waals surface area contributed by atoms with E-state index in [1.807, 2.05) is 37.5 Å². The van der Waals surface area contributed by atoms with Gasteiger partial charge in [-0.15, -0.1) is 0 Å². The van der Waals surface area contributed by atoms with Gasteiger partial charge in [0.1, 0.15) is 0 Å². The molecule has 1 aliphatic rings. The van der Waals surface area contributed by atoms with E-state index in [-0.39, 0.29) is 11.6 Å². The van der Waals surface area contributed by atoms with E-state index in [2.05, 4.69) is 20.9 Å². The third-order valence-corrected chi connectivity index (χ3v) is 5.66. The van der Waals surface area contributed by atoms with Gasteiger partial charge < -0.3 is 20.9 Å². The molecule has 9 heteroatoms. The van der Waals surface area contributed by atoms with Crippen LogP contribution in [0.15, 0.2) is 72.9 Å². The molecule has 3 N–H and O–H groups in total. The largest absolute Gasteiger partial charge is 0.416 e. The van der Waals surface area contributed by atoms with E-state index in [1.165, 1.54) is 17.7 Å². The van der Waals surface area contributed by atoms with Gasteiger partial charge in [-0.3, -0.25) is 4.79 Å². The normalized spacial score (nSPS) is 12.6. The summed E-state index contributed by atoms with van der Waals surface area (Å²) in [7, 11) is 2.01. The summed E-state index contributed by atoms with van der Waals surface area (Å²) in [5, 5.41) is 7.90. The Morgan fingerprint density at radius 3 is 2.33 bits per heavy atom. The Balaban J connectivity index is 1.25. The highest BCUT2D eigenvalue weighted by Gasteiger charge is 2.30. The summed E-state index contributed by atoms with van der Waals surface area (Å²) in [4.78, 5) is 26.7. The van der Waals surface area contributed by atoms with Crippen molar-refractivity contribution < 1.29 is 22.8 Å². The van der Waals surface area contributed by atoms with Crippen LogP contribution in [0.4, 0.5) is 35.0 Å². The molecule has 0 radical (unpaired) electrons. The van der Waals surface area contributed by atoms with E-state index in [0.717, 1.165) is 35.5 Å². The molecule has 186 valence electrons. The second-order valence-corrected chi connectivity index (χ2v) is 8.55. The third-order valence-electron chi connectivity index (χ3n) is 5.66. The van der Waals surface area contributed by atoms with Crippen molar-refractivity contribution in [3.63, 3.8) is 0 Å². The molecule has 3 aromatic carbocycles. The minimum absolute atomic E-state index is 0.0345. The average molecular weight is 495 g/mol. The second kappa shape index (κ2) is 10.6. The molecule has 0 saturated carbocycles. The summed E-state index contributed by atoms with van der Waals surface area (Å²) >= 11 is 0. The summed E-state index contributed by atoms with van der Waals surface area (Å²) in [5.41, 5.74) is 3.61. The summed E-state index contributed by atoms with van der Waals surface area (Å²) in [6, 6.07) is 16.5. The van der Waals surface area contributed by atoms with Crippen molar-refractivity contribution in [2.75, 3.05) is 23.0 Å². The molecular formula is C27H25F3N4O2. The predicted octanol–water partition coefficient (Wildman–Crippen LogP) is 6.34. The number of nitrogens with zero attached hydrogens (tertiary/aromatic N) is 1. The molecule has 0 aromatic heterocycles. The maximum atomic E-state index is 12.8. The van der Waals surface area contributed by atoms with Crippen molar-refractivity contribution >= 4 is 35.1 Å². The summed E-state index contributed by atoms with van der Waals surface area (Å²) in [5.74, 6) is -0.102. The van der Waals surface area contributed by atoms with Crippen LogP contribution in [0.1, 0.15) is 28.7 Å². The molecule has 36 heavy (non-hydrogen) atoms. The van der Waals surface area contributed by atoms with Crippen LogP contribution in [0.5, 0.6) is 0 Å². The summed E-state index contributed by atoms with van der Waals surface area (Å²) in [6.07, 6.45) is 0.331. The molecule has 0 unspecified atom stereocenters. The maximum absolute atomic E-state index is 12.8. The lowest BCUT2D eigenvalue weighted by molar-refractivity contribution is -0.137. The molecule has 0 aliphatic carbocycles. The van der Waals surface area contributed by atoms with Gasteiger partial charge >= 0.3 is 12.2 Å². The summed E-state index contributed by atoms with van der Waals surface area (Å²) < 4.78 is 38.5. The molecular weight excluding hydrogens is 469 g/mol. The molecule has 3 amide bonds. The number of halogens is 3. The van der Waals surface area contributed by atoms with Gasteiger partial charge in [0.25, 0.3) is 0 Å². The lowest BCUT2D eigenvalue weighted by Gasteiger charge is -2.21. The number of anilines is 3. The Hall–Kier alpha value is -4.27. The number of hydrogen-bond acceptors (Lipinski definition) is 3. The molecule has 1 heterocycles. The Kier molecular flexibility index (Phi) is 7.28. The quantitative estimate of drug-likeness (QED) is 0.375. The summed E-state index contributed by atoms with van der Waals surface area (Å²) in [6.45, 7) is 0.831. The second-order valence-electron chi connectivity index (χ2n) is 8.55. The average Bonchev–Trinajstić information content (AvgIpc) is 2.83. The van der Waals surface area contributed by atoms with Gasteiger partial charge in [0.05, 0.1) is 5.56 Å². The van der Waals surface area contributed by atoms with E-state index in [4.69, 9.17) is 0 Å². The van der Waals surface area contributed by atoms with Crippen LogP contribution in [0.3, 0.4) is 0 Å². The lowest BCUT2D eigenvalue weighted by atomic mass is 10.0. The van der Waals surface area contributed by atoms with Crippen molar-refractivity contribution in [3.8, 4) is 0 Å². The van der Waals surface area contributed by atoms with Gasteiger partial charge in [-0.2, -0.15) is 13.2 Å². The minimum Gasteiger partial charge on any atom is -0.376 e. The first-order valence-electron chi connectivity index (χ1n) is 11.3. The number of benzene rings is 3. The number of carbonyl (C=O) groups excluding carboxylic acids is 2. The first-order valence-corrected chi connectivity index (χ1v) is 11.3. The van der Waals surface area contributed by atoms with Crippen molar-refractivity contribution in [1.29, 1.82) is 0 Å². The van der Waals surface area contributed by atoms with Crippen LogP contribution in [-0.2, 0) is 23.9 Å². The van der Waals surface area contributed by atoms with E-state index in [9.17, 15) is 22.8 Å². The van der Waals surface area contributed by atoms with Gasteiger partial charge in [-0.25, -0.2) is 4.79 Å². The number of alkyl halides is 3. The molecule has 6 nitrogen and oxygen atoms in total. The smallest absolute Gasteiger partial charge is 0.376 e. The van der Waals surface area contributed by atoms with E-state index in [1.54, 1.807) is 24.3 Å². The number of urea groups is 1. The lowest BCUT2D eigenvalue weighted by Crippen LogP contribution is -2.19. The highest BCUT2D eigenvalue weighted by Crippen LogP contribution is 2.30. The number of carbonyl (C=O) groups is 2. The maximum Gasteiger partial charge on any atom is 0.416 e. The van der Waals surface area contributed by atoms with Crippen LogP contribution in [-0.4, -0.2) is 23.9 Å². The molecule has 0 spiro atoms. The van der Waals surface area contributed by atoms with Crippen LogP contribution in [0, 0.1) is 0 Å². The predicted molar refractivity (Wildman–Crippen MR) is 134 cm³/mol. The standard InChI is InChI=1S/C27H25F3N4O2/c1-34-14-13-19-15-24(11-8-20(19)17-34)31-25(35)12-7-18-5-9-22(10-6-18)32-26(36)33-23-4-2-3-21(16-23)27(28,29)30/h2-6,8-11,13-16H,7,12,17H2,1H3,(H,31,35)(H2,32,33,36). The minimum atomic E-state index is -4.49. The monoisotopic (exact) mass is 494 g/mol. The zero-order chi connectivity index (χ0) is 25.7. The number of nitrogens with one attached hydrogen (secondary N) is 3. The van der Waals surface area contributed by atoms with Gasteiger partial charge in [0.15, 0.2) is 0 Å². The topological polar surface area (TPSA) is 73.5 Å². The fraction of sp³-hybridized carbons (Fsp3) is 0.185. The van der Waals surface area contributed by atoms with Crippen LogP contribution in [0.2, 0.25) is 0 Å². The molecule has 0 atom stereocenters. The Morgan fingerprint density at radius 2 is 1.58 bits per heavy atom. The number of rotatable bonds is 6. The molecule has 3 aromatic rings. The highest BCUT2D eigenvalue weighted by molar-refractivity contribution is 5.99. The first kappa shape index (κ1) is 24.8. The molecule has 4 rings (SSSR count). The number of aryl methyl sites for hydroxylation is 1. The van der Waals surface area contributed by atoms with Crippen molar-refractivity contribution in [2.45, 2.75) is 25.6 Å². The van der Waals surface area contributed by atoms with E-state index < -0.39 is 17.8 Å². The Labute approximate surface area is 206 Å². The van der Waals surface area contributed by atoms with Crippen LogP contribution < -0.4 is 16.0 Å². The van der Waals surface area contributed by atoms with E-state index in [0.29, 0.717) is 18.5 Å².